The molecule has 0 atom stereocenters. The van der Waals surface area contributed by atoms with E-state index >= 15 is 0 Å². The summed E-state index contributed by atoms with van der Waals surface area (Å²) in [7, 11) is -3.81. The topological polar surface area (TPSA) is 62.7 Å². The number of benzene rings is 2. The molecule has 0 amide bonds. The number of alkyl halides is 3. The van der Waals surface area contributed by atoms with Gasteiger partial charge in [-0.1, -0.05) is 29.8 Å². The first kappa shape index (κ1) is 23.5. The number of aryl methyl sites for hydroxylation is 1. The highest BCUT2D eigenvalue weighted by Crippen LogP contribution is 2.27. The minimum Gasteiger partial charge on any atom is -0.406 e. The molecule has 0 spiro atoms. The Morgan fingerprint density at radius 2 is 1.76 bits per heavy atom. The summed E-state index contributed by atoms with van der Waals surface area (Å²) in [5.41, 5.74) is 3.36. The van der Waals surface area contributed by atoms with Crippen molar-refractivity contribution < 1.29 is 26.3 Å². The first-order valence-electron chi connectivity index (χ1n) is 10.2. The zero-order chi connectivity index (χ0) is 23.6. The highest BCUT2D eigenvalue weighted by Gasteiger charge is 2.32. The predicted octanol–water partition coefficient (Wildman–Crippen LogP) is 4.45. The third-order valence-electron chi connectivity index (χ3n) is 5.21. The van der Waals surface area contributed by atoms with E-state index in [0.29, 0.717) is 13.1 Å². The van der Waals surface area contributed by atoms with Crippen molar-refractivity contribution in [3.05, 3.63) is 70.7 Å². The van der Waals surface area contributed by atoms with Gasteiger partial charge in [0.1, 0.15) is 5.75 Å². The second kappa shape index (κ2) is 9.32. The molecule has 0 radical (unpaired) electrons. The molecule has 2 heterocycles. The van der Waals surface area contributed by atoms with E-state index in [1.165, 1.54) is 26.8 Å². The number of hydrogen-bond acceptors (Lipinski definition) is 6. The zero-order valence-corrected chi connectivity index (χ0v) is 19.4. The van der Waals surface area contributed by atoms with Crippen LogP contribution in [0, 0.1) is 6.92 Å². The van der Waals surface area contributed by atoms with Crippen LogP contribution in [0.5, 0.6) is 5.75 Å². The molecule has 1 fully saturated rings. The Bertz CT molecular complexity index is 1200. The third kappa shape index (κ3) is 5.84. The molecule has 1 aliphatic heterocycles. The van der Waals surface area contributed by atoms with E-state index in [1.54, 1.807) is 0 Å². The van der Waals surface area contributed by atoms with Crippen LogP contribution in [0.2, 0.25) is 0 Å². The summed E-state index contributed by atoms with van der Waals surface area (Å²) in [6.45, 7) is 3.53. The van der Waals surface area contributed by atoms with Gasteiger partial charge in [0.2, 0.25) is 10.0 Å². The average Bonchev–Trinajstić information content (AvgIpc) is 3.21. The van der Waals surface area contributed by atoms with Gasteiger partial charge in [-0.15, -0.1) is 24.5 Å². The molecule has 0 N–H and O–H groups in total. The molecule has 3 aromatic rings. The number of hydrogen-bond donors (Lipinski definition) is 0. The van der Waals surface area contributed by atoms with Crippen molar-refractivity contribution >= 4 is 26.5 Å². The van der Waals surface area contributed by atoms with Gasteiger partial charge < -0.3 is 9.64 Å². The number of sulfonamides is 1. The maximum Gasteiger partial charge on any atom is 0.573 e. The van der Waals surface area contributed by atoms with Gasteiger partial charge in [-0.25, -0.2) is 13.4 Å². The Labute approximate surface area is 194 Å². The smallest absolute Gasteiger partial charge is 0.406 e. The zero-order valence-electron chi connectivity index (χ0n) is 17.7. The second-order valence-corrected chi connectivity index (χ2v) is 10.5. The monoisotopic (exact) mass is 497 g/mol. The van der Waals surface area contributed by atoms with E-state index in [4.69, 9.17) is 4.98 Å². The molecule has 1 saturated heterocycles. The van der Waals surface area contributed by atoms with Gasteiger partial charge in [-0.3, -0.25) is 0 Å². The molecule has 176 valence electrons. The molecule has 1 aromatic heterocycles. The lowest BCUT2D eigenvalue weighted by atomic mass is 10.1. The van der Waals surface area contributed by atoms with Crippen LogP contribution in [0.25, 0.3) is 0 Å². The summed E-state index contributed by atoms with van der Waals surface area (Å²) < 4.78 is 67.9. The van der Waals surface area contributed by atoms with Crippen molar-refractivity contribution in [1.82, 2.24) is 9.29 Å². The normalized spacial score (nSPS) is 15.6. The van der Waals surface area contributed by atoms with E-state index in [1.807, 2.05) is 24.4 Å². The first-order chi connectivity index (χ1) is 15.6. The van der Waals surface area contributed by atoms with Crippen molar-refractivity contribution in [1.29, 1.82) is 0 Å². The summed E-state index contributed by atoms with van der Waals surface area (Å²) in [5, 5.41) is 2.87. The maximum absolute atomic E-state index is 12.9. The number of anilines is 1. The molecule has 4 rings (SSSR count). The van der Waals surface area contributed by atoms with Crippen molar-refractivity contribution in [2.45, 2.75) is 24.6 Å². The first-order valence-corrected chi connectivity index (χ1v) is 12.5. The van der Waals surface area contributed by atoms with Gasteiger partial charge in [-0.05, 0) is 36.8 Å². The molecule has 1 aliphatic rings. The molecule has 33 heavy (non-hydrogen) atoms. The lowest BCUT2D eigenvalue weighted by Gasteiger charge is -2.33. The van der Waals surface area contributed by atoms with Crippen LogP contribution in [-0.4, -0.2) is 50.2 Å². The van der Waals surface area contributed by atoms with Crippen molar-refractivity contribution in [2.75, 3.05) is 31.1 Å². The molecule has 0 unspecified atom stereocenters. The minimum atomic E-state index is -4.83. The second-order valence-electron chi connectivity index (χ2n) is 7.70. The molecule has 2 aromatic carbocycles. The van der Waals surface area contributed by atoms with Crippen molar-refractivity contribution in [3.8, 4) is 5.75 Å². The van der Waals surface area contributed by atoms with Crippen LogP contribution in [0.3, 0.4) is 0 Å². The fourth-order valence-corrected chi connectivity index (χ4v) is 5.94. The van der Waals surface area contributed by atoms with Gasteiger partial charge >= 0.3 is 6.36 Å². The Kier molecular flexibility index (Phi) is 6.64. The fourth-order valence-electron chi connectivity index (χ4n) is 3.64. The molecule has 0 saturated carbocycles. The molecular formula is C22H22F3N3O3S2. The SMILES string of the molecule is Cc1cccc(Cc2csc(N3CCN(S(=O)(=O)c4ccc(OC(F)(F)F)cc4)CC3)n2)c1. The van der Waals surface area contributed by atoms with Crippen molar-refractivity contribution in [2.24, 2.45) is 0 Å². The standard InChI is InChI=1S/C22H22F3N3O3S2/c1-16-3-2-4-17(13-16)14-18-15-32-21(26-18)27-9-11-28(12-10-27)33(29,30)20-7-5-19(6-8-20)31-22(23,24)25/h2-8,13,15H,9-12,14H2,1H3. The number of aromatic nitrogens is 1. The van der Waals surface area contributed by atoms with E-state index < -0.39 is 22.1 Å². The van der Waals surface area contributed by atoms with Crippen LogP contribution in [-0.2, 0) is 16.4 Å². The van der Waals surface area contributed by atoms with E-state index in [0.717, 1.165) is 41.5 Å². The number of ether oxygens (including phenoxy) is 1. The number of halogens is 3. The molecule has 11 heteroatoms. The largest absolute Gasteiger partial charge is 0.573 e. The van der Waals surface area contributed by atoms with Crippen LogP contribution in [0.15, 0.2) is 58.8 Å². The van der Waals surface area contributed by atoms with E-state index in [-0.39, 0.29) is 18.0 Å². The quantitative estimate of drug-likeness (QED) is 0.504. The van der Waals surface area contributed by atoms with Crippen molar-refractivity contribution in [3.63, 3.8) is 0 Å². The molecule has 6 nitrogen and oxygen atoms in total. The Balaban J connectivity index is 1.37. The number of nitrogens with zero attached hydrogens (tertiary/aromatic N) is 3. The number of thiazole rings is 1. The third-order valence-corrected chi connectivity index (χ3v) is 8.07. The van der Waals surface area contributed by atoms with Gasteiger partial charge in [0.05, 0.1) is 10.6 Å². The summed E-state index contributed by atoms with van der Waals surface area (Å²) in [5.74, 6) is -0.462. The van der Waals surface area contributed by atoms with Crippen LogP contribution >= 0.6 is 11.3 Å². The minimum absolute atomic E-state index is 0.0693. The molecular weight excluding hydrogens is 475 g/mol. The lowest BCUT2D eigenvalue weighted by molar-refractivity contribution is -0.274. The highest BCUT2D eigenvalue weighted by molar-refractivity contribution is 7.89. The maximum atomic E-state index is 12.9. The van der Waals surface area contributed by atoms with Crippen LogP contribution in [0.4, 0.5) is 18.3 Å². The highest BCUT2D eigenvalue weighted by atomic mass is 32.2. The van der Waals surface area contributed by atoms with Gasteiger partial charge in [-0.2, -0.15) is 4.31 Å². The Morgan fingerprint density at radius 1 is 1.06 bits per heavy atom. The Morgan fingerprint density at radius 3 is 2.39 bits per heavy atom. The van der Waals surface area contributed by atoms with E-state index in [9.17, 15) is 21.6 Å². The van der Waals surface area contributed by atoms with Crippen LogP contribution in [0.1, 0.15) is 16.8 Å². The number of piperazine rings is 1. The Hall–Kier alpha value is -2.63. The lowest BCUT2D eigenvalue weighted by Crippen LogP contribution is -2.48. The summed E-state index contributed by atoms with van der Waals surface area (Å²) >= 11 is 1.53. The fraction of sp³-hybridized carbons (Fsp3) is 0.318. The van der Waals surface area contributed by atoms with E-state index in [2.05, 4.69) is 21.8 Å². The predicted molar refractivity (Wildman–Crippen MR) is 120 cm³/mol. The average molecular weight is 498 g/mol. The summed E-state index contributed by atoms with van der Waals surface area (Å²) in [6, 6.07) is 12.5. The summed E-state index contributed by atoms with van der Waals surface area (Å²) in [4.78, 5) is 6.70. The van der Waals surface area contributed by atoms with Gasteiger partial charge in [0.25, 0.3) is 0 Å². The molecule has 0 aliphatic carbocycles. The number of rotatable bonds is 6. The summed E-state index contributed by atoms with van der Waals surface area (Å²) in [6.07, 6.45) is -4.09. The van der Waals surface area contributed by atoms with Gasteiger partial charge in [0, 0.05) is 38.0 Å². The molecule has 0 bridgehead atoms. The van der Waals surface area contributed by atoms with Crippen LogP contribution < -0.4 is 9.64 Å². The van der Waals surface area contributed by atoms with Gasteiger partial charge in [0.15, 0.2) is 5.13 Å².